The van der Waals surface area contributed by atoms with Gasteiger partial charge in [0.15, 0.2) is 17.3 Å². The van der Waals surface area contributed by atoms with Gasteiger partial charge >= 0.3 is 6.18 Å². The molecule has 0 aliphatic heterocycles. The summed E-state index contributed by atoms with van der Waals surface area (Å²) < 4.78 is 50.4. The lowest BCUT2D eigenvalue weighted by Crippen LogP contribution is -2.10. The second-order valence-corrected chi connectivity index (χ2v) is 6.12. The van der Waals surface area contributed by atoms with Gasteiger partial charge in [-0.1, -0.05) is 36.4 Å². The van der Waals surface area contributed by atoms with Crippen LogP contribution in [0.4, 0.5) is 19.0 Å². The third-order valence-electron chi connectivity index (χ3n) is 4.19. The van der Waals surface area contributed by atoms with Crippen molar-refractivity contribution in [1.82, 2.24) is 10.2 Å². The zero-order chi connectivity index (χ0) is 21.7. The van der Waals surface area contributed by atoms with Crippen molar-refractivity contribution in [2.45, 2.75) is 6.18 Å². The van der Waals surface area contributed by atoms with Crippen molar-refractivity contribution in [3.8, 4) is 22.6 Å². The van der Waals surface area contributed by atoms with E-state index in [0.717, 1.165) is 0 Å². The van der Waals surface area contributed by atoms with Crippen LogP contribution in [0.2, 0.25) is 0 Å². The molecule has 0 aliphatic rings. The molecule has 1 amide bonds. The van der Waals surface area contributed by atoms with Crippen LogP contribution in [-0.2, 0) is 11.0 Å². The van der Waals surface area contributed by atoms with E-state index in [0.29, 0.717) is 17.1 Å². The highest BCUT2D eigenvalue weighted by atomic mass is 19.4. The fourth-order valence-electron chi connectivity index (χ4n) is 2.81. The first-order valence-electron chi connectivity index (χ1n) is 8.75. The van der Waals surface area contributed by atoms with Crippen molar-refractivity contribution in [2.75, 3.05) is 19.5 Å². The molecule has 0 unspecified atom stereocenters. The fraction of sp³-hybridized carbons (Fsp3) is 0.143. The number of hydrogen-bond donors (Lipinski definition) is 2. The predicted molar refractivity (Wildman–Crippen MR) is 106 cm³/mol. The number of alkyl halides is 3. The highest BCUT2D eigenvalue weighted by molar-refractivity contribution is 6.03. The molecule has 0 spiro atoms. The lowest BCUT2D eigenvalue weighted by molar-refractivity contribution is -0.140. The minimum atomic E-state index is -4.66. The summed E-state index contributed by atoms with van der Waals surface area (Å²) in [6.07, 6.45) is -1.97. The van der Waals surface area contributed by atoms with Gasteiger partial charge in [0.2, 0.25) is 5.91 Å². The van der Waals surface area contributed by atoms with Crippen molar-refractivity contribution in [3.05, 3.63) is 65.9 Å². The monoisotopic (exact) mass is 417 g/mol. The van der Waals surface area contributed by atoms with Crippen molar-refractivity contribution in [1.29, 1.82) is 0 Å². The molecule has 156 valence electrons. The Kier molecular flexibility index (Phi) is 6.10. The number of aromatic amines is 1. The Morgan fingerprint density at radius 1 is 1.07 bits per heavy atom. The van der Waals surface area contributed by atoms with Gasteiger partial charge in [-0.15, -0.1) is 0 Å². The Balaban J connectivity index is 1.85. The van der Waals surface area contributed by atoms with Crippen LogP contribution in [0.15, 0.2) is 54.6 Å². The summed E-state index contributed by atoms with van der Waals surface area (Å²) in [7, 11) is 2.99. The number of aromatic nitrogens is 2. The van der Waals surface area contributed by atoms with Crippen molar-refractivity contribution in [3.63, 3.8) is 0 Å². The Bertz CT molecular complexity index is 1060. The van der Waals surface area contributed by atoms with Crippen LogP contribution >= 0.6 is 0 Å². The number of carbonyl (C=O) groups excluding carboxylic acids is 1. The number of amides is 1. The molecule has 9 heteroatoms. The number of halogens is 3. The van der Waals surface area contributed by atoms with Crippen LogP contribution in [0.25, 0.3) is 17.2 Å². The Morgan fingerprint density at radius 2 is 1.77 bits per heavy atom. The number of hydrogen-bond acceptors (Lipinski definition) is 4. The molecule has 1 aromatic heterocycles. The molecule has 0 saturated carbocycles. The number of benzene rings is 2. The van der Waals surface area contributed by atoms with E-state index < -0.39 is 17.8 Å². The summed E-state index contributed by atoms with van der Waals surface area (Å²) in [6, 6.07) is 12.9. The summed E-state index contributed by atoms with van der Waals surface area (Å²) in [5.41, 5.74) is -0.342. The normalized spacial score (nSPS) is 11.5. The van der Waals surface area contributed by atoms with Gasteiger partial charge in [-0.3, -0.25) is 9.89 Å². The van der Waals surface area contributed by atoms with E-state index in [1.807, 2.05) is 5.10 Å². The quantitative estimate of drug-likeness (QED) is 0.567. The molecule has 0 saturated heterocycles. The number of anilines is 1. The van der Waals surface area contributed by atoms with E-state index in [-0.39, 0.29) is 16.9 Å². The largest absolute Gasteiger partial charge is 0.493 e. The van der Waals surface area contributed by atoms with Gasteiger partial charge in [0.1, 0.15) is 5.69 Å². The second kappa shape index (κ2) is 8.73. The van der Waals surface area contributed by atoms with Crippen LogP contribution in [0.5, 0.6) is 11.5 Å². The third kappa shape index (κ3) is 4.62. The maximum Gasteiger partial charge on any atom is 0.433 e. The number of carbonyl (C=O) groups is 1. The molecule has 3 aromatic rings. The van der Waals surface area contributed by atoms with E-state index in [1.54, 1.807) is 36.4 Å². The van der Waals surface area contributed by atoms with E-state index >= 15 is 0 Å². The highest BCUT2D eigenvalue weighted by Crippen LogP contribution is 2.39. The van der Waals surface area contributed by atoms with Crippen LogP contribution in [0.3, 0.4) is 0 Å². The zero-order valence-electron chi connectivity index (χ0n) is 16.1. The number of rotatable bonds is 6. The Morgan fingerprint density at radius 3 is 2.40 bits per heavy atom. The standard InChI is InChI=1S/C21H18F3N3O3/c1-29-15-10-8-13(12-16(15)30-2)9-11-17(28)25-20-18(14-6-4-3-5-7-14)19(26-27-20)21(22,23)24/h3-12H,1-2H3,(H2,25,26,27,28)/b11-9+. The van der Waals surface area contributed by atoms with E-state index in [4.69, 9.17) is 9.47 Å². The van der Waals surface area contributed by atoms with E-state index in [2.05, 4.69) is 10.4 Å². The summed E-state index contributed by atoms with van der Waals surface area (Å²) >= 11 is 0. The van der Waals surface area contributed by atoms with Gasteiger partial charge in [-0.25, -0.2) is 0 Å². The molecule has 30 heavy (non-hydrogen) atoms. The molecule has 1 heterocycles. The van der Waals surface area contributed by atoms with Gasteiger partial charge in [0.05, 0.1) is 19.8 Å². The maximum atomic E-state index is 13.4. The fourth-order valence-corrected chi connectivity index (χ4v) is 2.81. The summed E-state index contributed by atoms with van der Waals surface area (Å²) in [4.78, 5) is 12.3. The number of H-pyrrole nitrogens is 1. The Hall–Kier alpha value is -3.75. The second-order valence-electron chi connectivity index (χ2n) is 6.12. The van der Waals surface area contributed by atoms with Crippen LogP contribution < -0.4 is 14.8 Å². The first-order chi connectivity index (χ1) is 14.3. The molecule has 0 aliphatic carbocycles. The SMILES string of the molecule is COc1ccc(/C=C/C(=O)Nc2n[nH]c(C(F)(F)F)c2-c2ccccc2)cc1OC. The van der Waals surface area contributed by atoms with Gasteiger partial charge < -0.3 is 14.8 Å². The minimum Gasteiger partial charge on any atom is -0.493 e. The molecule has 0 fully saturated rings. The minimum absolute atomic E-state index is 0.213. The lowest BCUT2D eigenvalue weighted by Gasteiger charge is -2.09. The van der Waals surface area contributed by atoms with E-state index in [1.165, 1.54) is 38.5 Å². The number of ether oxygens (including phenoxy) is 2. The molecule has 2 N–H and O–H groups in total. The van der Waals surface area contributed by atoms with Crippen LogP contribution in [-0.4, -0.2) is 30.3 Å². The topological polar surface area (TPSA) is 76.2 Å². The van der Waals surface area contributed by atoms with Crippen molar-refractivity contribution < 1.29 is 27.4 Å². The Labute approximate surface area is 170 Å². The molecule has 3 rings (SSSR count). The van der Waals surface area contributed by atoms with E-state index in [9.17, 15) is 18.0 Å². The van der Waals surface area contributed by atoms with Crippen molar-refractivity contribution in [2.24, 2.45) is 0 Å². The summed E-state index contributed by atoms with van der Waals surface area (Å²) in [5, 5.41) is 8.03. The van der Waals surface area contributed by atoms with Crippen molar-refractivity contribution >= 4 is 17.8 Å². The molecule has 0 radical (unpaired) electrons. The lowest BCUT2D eigenvalue weighted by atomic mass is 10.1. The molecule has 0 bridgehead atoms. The first kappa shape index (κ1) is 21.0. The van der Waals surface area contributed by atoms with Gasteiger partial charge in [-0.2, -0.15) is 18.3 Å². The van der Waals surface area contributed by atoms with Gasteiger partial charge in [0, 0.05) is 6.08 Å². The van der Waals surface area contributed by atoms with Crippen LogP contribution in [0.1, 0.15) is 11.3 Å². The van der Waals surface area contributed by atoms with Crippen LogP contribution in [0, 0.1) is 0 Å². The molecular formula is C21H18F3N3O3. The third-order valence-corrected chi connectivity index (χ3v) is 4.19. The first-order valence-corrected chi connectivity index (χ1v) is 8.75. The summed E-state index contributed by atoms with van der Waals surface area (Å²) in [5.74, 6) is 0.161. The summed E-state index contributed by atoms with van der Waals surface area (Å²) in [6.45, 7) is 0. The van der Waals surface area contributed by atoms with Gasteiger partial charge in [0.25, 0.3) is 0 Å². The molecule has 2 aromatic carbocycles. The smallest absolute Gasteiger partial charge is 0.433 e. The molecular weight excluding hydrogens is 399 g/mol. The predicted octanol–water partition coefficient (Wildman–Crippen LogP) is 4.76. The molecule has 0 atom stereocenters. The zero-order valence-corrected chi connectivity index (χ0v) is 16.1. The van der Waals surface area contributed by atoms with Gasteiger partial charge in [-0.05, 0) is 29.3 Å². The molecule has 6 nitrogen and oxygen atoms in total. The highest BCUT2D eigenvalue weighted by Gasteiger charge is 2.38. The number of methoxy groups -OCH3 is 2. The number of nitrogens with zero attached hydrogens (tertiary/aromatic N) is 1. The maximum absolute atomic E-state index is 13.4. The number of nitrogens with one attached hydrogen (secondary N) is 2. The average molecular weight is 417 g/mol. The average Bonchev–Trinajstić information content (AvgIpc) is 3.16.